The summed E-state index contributed by atoms with van der Waals surface area (Å²) in [6.07, 6.45) is 0. The lowest BCUT2D eigenvalue weighted by molar-refractivity contribution is -0.120. The van der Waals surface area contributed by atoms with Crippen LogP contribution in [0.1, 0.15) is 22.8 Å². The molecule has 0 radical (unpaired) electrons. The van der Waals surface area contributed by atoms with E-state index in [4.69, 9.17) is 27.9 Å². The number of imide groups is 1. The molecule has 1 aliphatic rings. The first-order valence-electron chi connectivity index (χ1n) is 10.7. The van der Waals surface area contributed by atoms with Gasteiger partial charge in [0, 0.05) is 22.0 Å². The molecule has 9 heteroatoms. The number of nitrogens with one attached hydrogen (secondary N) is 2. The molecule has 4 rings (SSSR count). The van der Waals surface area contributed by atoms with Crippen molar-refractivity contribution in [3.63, 3.8) is 0 Å². The van der Waals surface area contributed by atoms with Crippen LogP contribution in [-0.4, -0.2) is 24.3 Å². The minimum atomic E-state index is -0.629. The molecule has 3 aromatic rings. The van der Waals surface area contributed by atoms with Crippen LogP contribution in [0, 0.1) is 6.92 Å². The number of carbonyl (C=O) groups is 3. The Morgan fingerprint density at radius 1 is 0.914 bits per heavy atom. The predicted molar refractivity (Wildman–Crippen MR) is 137 cm³/mol. The van der Waals surface area contributed by atoms with Crippen molar-refractivity contribution in [3.05, 3.63) is 93.6 Å². The van der Waals surface area contributed by atoms with Gasteiger partial charge in [0.05, 0.1) is 12.3 Å². The monoisotopic (exact) mass is 509 g/mol. The number of benzene rings is 3. The number of nitrogens with zero attached hydrogens (tertiary/aromatic N) is 1. The summed E-state index contributed by atoms with van der Waals surface area (Å²) in [5.74, 6) is -0.900. The molecule has 2 N–H and O–H groups in total. The van der Waals surface area contributed by atoms with Crippen LogP contribution in [0.4, 0.5) is 17.1 Å². The predicted octanol–water partition coefficient (Wildman–Crippen LogP) is 5.74. The maximum absolute atomic E-state index is 13.0. The minimum Gasteiger partial charge on any atom is -0.494 e. The SMILES string of the molecule is CCOc1ccc(N2C(=O)C(Cl)=C(Nc3ccc(C(=O)Nc4ccc(C)c(Cl)c4)cc3)C2=O)cc1. The van der Waals surface area contributed by atoms with Crippen molar-refractivity contribution >= 4 is 58.0 Å². The Hall–Kier alpha value is -3.81. The van der Waals surface area contributed by atoms with Crippen LogP contribution in [0.3, 0.4) is 0 Å². The van der Waals surface area contributed by atoms with E-state index in [0.717, 1.165) is 10.5 Å². The second kappa shape index (κ2) is 10.2. The molecule has 1 heterocycles. The van der Waals surface area contributed by atoms with E-state index in [1.54, 1.807) is 60.7 Å². The highest BCUT2D eigenvalue weighted by Gasteiger charge is 2.39. The number of aryl methyl sites for hydroxylation is 1. The zero-order valence-corrected chi connectivity index (χ0v) is 20.4. The highest BCUT2D eigenvalue weighted by atomic mass is 35.5. The molecule has 0 fully saturated rings. The lowest BCUT2D eigenvalue weighted by Gasteiger charge is -2.15. The molecule has 7 nitrogen and oxygen atoms in total. The maximum Gasteiger partial charge on any atom is 0.283 e. The van der Waals surface area contributed by atoms with E-state index in [-0.39, 0.29) is 16.6 Å². The van der Waals surface area contributed by atoms with Gasteiger partial charge in [0.2, 0.25) is 0 Å². The number of halogens is 2. The number of ether oxygens (including phenoxy) is 1. The van der Waals surface area contributed by atoms with E-state index in [1.165, 1.54) is 0 Å². The number of anilines is 3. The Bertz CT molecular complexity index is 1340. The minimum absolute atomic E-state index is 0.0444. The molecule has 35 heavy (non-hydrogen) atoms. The summed E-state index contributed by atoms with van der Waals surface area (Å²) in [6.45, 7) is 4.24. The number of hydrogen-bond donors (Lipinski definition) is 2. The molecule has 3 aromatic carbocycles. The molecule has 0 bridgehead atoms. The molecule has 0 aliphatic carbocycles. The summed E-state index contributed by atoms with van der Waals surface area (Å²) >= 11 is 12.3. The average molecular weight is 510 g/mol. The fraction of sp³-hybridized carbons (Fsp3) is 0.115. The number of carbonyl (C=O) groups excluding carboxylic acids is 3. The highest BCUT2D eigenvalue weighted by Crippen LogP contribution is 2.31. The molecule has 1 aliphatic heterocycles. The Morgan fingerprint density at radius 2 is 1.57 bits per heavy atom. The quantitative estimate of drug-likeness (QED) is 0.396. The molecule has 0 saturated heterocycles. The van der Waals surface area contributed by atoms with Crippen molar-refractivity contribution in [2.75, 3.05) is 22.1 Å². The van der Waals surface area contributed by atoms with Gasteiger partial charge in [-0.25, -0.2) is 4.90 Å². The first-order valence-corrected chi connectivity index (χ1v) is 11.5. The van der Waals surface area contributed by atoms with Gasteiger partial charge >= 0.3 is 0 Å². The topological polar surface area (TPSA) is 87.7 Å². The van der Waals surface area contributed by atoms with Crippen molar-refractivity contribution in [1.82, 2.24) is 0 Å². The fourth-order valence-corrected chi connectivity index (χ4v) is 3.82. The van der Waals surface area contributed by atoms with Crippen LogP contribution < -0.4 is 20.3 Å². The van der Waals surface area contributed by atoms with Crippen LogP contribution in [0.25, 0.3) is 0 Å². The van der Waals surface area contributed by atoms with Gasteiger partial charge in [-0.2, -0.15) is 0 Å². The Morgan fingerprint density at radius 3 is 2.20 bits per heavy atom. The average Bonchev–Trinajstić information content (AvgIpc) is 3.05. The number of amides is 3. The molecular formula is C26H21Cl2N3O4. The summed E-state index contributed by atoms with van der Waals surface area (Å²) in [5.41, 5.74) is 2.71. The first kappa shape index (κ1) is 24.3. The van der Waals surface area contributed by atoms with Crippen molar-refractivity contribution in [2.45, 2.75) is 13.8 Å². The van der Waals surface area contributed by atoms with Crippen LogP contribution in [0.5, 0.6) is 5.75 Å². The summed E-state index contributed by atoms with van der Waals surface area (Å²) in [5, 5.41) is 6.02. The van der Waals surface area contributed by atoms with Gasteiger partial charge in [0.1, 0.15) is 16.5 Å². The van der Waals surface area contributed by atoms with Crippen molar-refractivity contribution in [2.24, 2.45) is 0 Å². The van der Waals surface area contributed by atoms with E-state index >= 15 is 0 Å². The van der Waals surface area contributed by atoms with Crippen molar-refractivity contribution in [3.8, 4) is 5.75 Å². The van der Waals surface area contributed by atoms with E-state index < -0.39 is 11.8 Å². The normalized spacial score (nSPS) is 13.3. The Labute approximate surface area is 212 Å². The summed E-state index contributed by atoms with van der Waals surface area (Å²) in [7, 11) is 0. The fourth-order valence-electron chi connectivity index (χ4n) is 3.43. The first-order chi connectivity index (χ1) is 16.8. The zero-order valence-electron chi connectivity index (χ0n) is 18.9. The molecule has 0 aromatic heterocycles. The molecule has 3 amide bonds. The Balaban J connectivity index is 1.45. The third-order valence-corrected chi connectivity index (χ3v) is 6.04. The third kappa shape index (κ3) is 5.16. The second-order valence-electron chi connectivity index (χ2n) is 7.68. The highest BCUT2D eigenvalue weighted by molar-refractivity contribution is 6.53. The second-order valence-corrected chi connectivity index (χ2v) is 8.47. The number of rotatable bonds is 7. The standard InChI is InChI=1S/C26H21Cl2N3O4/c1-3-35-20-12-10-19(11-13-20)31-25(33)22(28)23(26(31)34)29-17-8-5-16(6-9-17)24(32)30-18-7-4-15(2)21(27)14-18/h4-14,29H,3H2,1-2H3,(H,30,32). The lowest BCUT2D eigenvalue weighted by atomic mass is 10.1. The largest absolute Gasteiger partial charge is 0.494 e. The van der Waals surface area contributed by atoms with Gasteiger partial charge in [-0.15, -0.1) is 0 Å². The summed E-state index contributed by atoms with van der Waals surface area (Å²) in [6, 6.07) is 18.3. The maximum atomic E-state index is 13.0. The summed E-state index contributed by atoms with van der Waals surface area (Å²) < 4.78 is 5.40. The molecule has 0 unspecified atom stereocenters. The van der Waals surface area contributed by atoms with Gasteiger partial charge in [-0.3, -0.25) is 14.4 Å². The lowest BCUT2D eigenvalue weighted by Crippen LogP contribution is -2.32. The molecule has 0 atom stereocenters. The van der Waals surface area contributed by atoms with E-state index in [1.807, 2.05) is 19.9 Å². The van der Waals surface area contributed by atoms with Gasteiger partial charge in [-0.1, -0.05) is 29.3 Å². The van der Waals surface area contributed by atoms with Gasteiger partial charge in [-0.05, 0) is 80.1 Å². The van der Waals surface area contributed by atoms with Gasteiger partial charge in [0.15, 0.2) is 0 Å². The van der Waals surface area contributed by atoms with Gasteiger partial charge < -0.3 is 15.4 Å². The van der Waals surface area contributed by atoms with Crippen LogP contribution >= 0.6 is 23.2 Å². The van der Waals surface area contributed by atoms with E-state index in [2.05, 4.69) is 10.6 Å². The molecule has 0 spiro atoms. The molecular weight excluding hydrogens is 489 g/mol. The molecule has 0 saturated carbocycles. The van der Waals surface area contributed by atoms with Crippen LogP contribution in [0.15, 0.2) is 77.5 Å². The third-order valence-electron chi connectivity index (χ3n) is 5.28. The van der Waals surface area contributed by atoms with Crippen molar-refractivity contribution < 1.29 is 19.1 Å². The number of hydrogen-bond acceptors (Lipinski definition) is 5. The van der Waals surface area contributed by atoms with E-state index in [0.29, 0.717) is 40.0 Å². The van der Waals surface area contributed by atoms with Crippen LogP contribution in [0.2, 0.25) is 5.02 Å². The molecule has 178 valence electrons. The van der Waals surface area contributed by atoms with Gasteiger partial charge in [0.25, 0.3) is 17.7 Å². The van der Waals surface area contributed by atoms with Crippen molar-refractivity contribution in [1.29, 1.82) is 0 Å². The van der Waals surface area contributed by atoms with Crippen LogP contribution in [-0.2, 0) is 9.59 Å². The van der Waals surface area contributed by atoms with E-state index in [9.17, 15) is 14.4 Å². The summed E-state index contributed by atoms with van der Waals surface area (Å²) in [4.78, 5) is 39.2. The smallest absolute Gasteiger partial charge is 0.283 e. The Kier molecular flexibility index (Phi) is 7.10. The zero-order chi connectivity index (χ0) is 25.1.